The summed E-state index contributed by atoms with van der Waals surface area (Å²) in [5.74, 6) is -2.03. The summed E-state index contributed by atoms with van der Waals surface area (Å²) >= 11 is 0. The highest BCUT2D eigenvalue weighted by molar-refractivity contribution is 5.79. The van der Waals surface area contributed by atoms with Crippen LogP contribution >= 0.6 is 0 Å². The summed E-state index contributed by atoms with van der Waals surface area (Å²) in [7, 11) is 5.53. The van der Waals surface area contributed by atoms with Crippen LogP contribution in [-0.4, -0.2) is 70.2 Å². The van der Waals surface area contributed by atoms with Gasteiger partial charge in [0.15, 0.2) is 11.6 Å². The summed E-state index contributed by atoms with van der Waals surface area (Å²) in [6, 6.07) is 3.66. The Hall–Kier alpha value is -4.09. The Morgan fingerprint density at radius 3 is 2.50 bits per heavy atom. The predicted molar refractivity (Wildman–Crippen MR) is 126 cm³/mol. The first-order chi connectivity index (χ1) is 17.2. The van der Waals surface area contributed by atoms with Gasteiger partial charge in [-0.25, -0.2) is 23.0 Å². The number of anilines is 1. The van der Waals surface area contributed by atoms with Gasteiger partial charge in [-0.05, 0) is 17.7 Å². The lowest BCUT2D eigenvalue weighted by molar-refractivity contribution is 0.0256. The van der Waals surface area contributed by atoms with Gasteiger partial charge in [0.1, 0.15) is 23.4 Å². The molecular weight excluding hydrogens is 475 g/mol. The van der Waals surface area contributed by atoms with E-state index in [2.05, 4.69) is 15.2 Å². The molecule has 1 saturated heterocycles. The summed E-state index contributed by atoms with van der Waals surface area (Å²) in [6.07, 6.45) is 4.24. The molecule has 0 saturated carbocycles. The van der Waals surface area contributed by atoms with Crippen LogP contribution < -0.4 is 9.64 Å². The van der Waals surface area contributed by atoms with Crippen molar-refractivity contribution < 1.29 is 22.7 Å². The number of ether oxygens (including phenoxy) is 1. The van der Waals surface area contributed by atoms with Gasteiger partial charge in [-0.15, -0.1) is 0 Å². The van der Waals surface area contributed by atoms with Crippen LogP contribution in [-0.2, 0) is 7.05 Å². The van der Waals surface area contributed by atoms with E-state index in [1.54, 1.807) is 17.9 Å². The van der Waals surface area contributed by atoms with E-state index in [1.807, 2.05) is 19.0 Å². The molecule has 5 rings (SSSR count). The van der Waals surface area contributed by atoms with E-state index in [0.29, 0.717) is 23.4 Å². The number of hydrogen-bond acceptors (Lipinski definition) is 6. The molecule has 1 fully saturated rings. The summed E-state index contributed by atoms with van der Waals surface area (Å²) in [5.41, 5.74) is 2.35. The number of carbonyl (C=O) groups is 1. The van der Waals surface area contributed by atoms with E-state index in [0.717, 1.165) is 18.0 Å². The molecule has 12 heteroatoms. The number of pyridine rings is 1. The maximum atomic E-state index is 14.5. The van der Waals surface area contributed by atoms with Crippen LogP contribution in [0.2, 0.25) is 0 Å². The smallest absolute Gasteiger partial charge is 0.341 e. The van der Waals surface area contributed by atoms with Gasteiger partial charge in [0.2, 0.25) is 0 Å². The molecule has 0 radical (unpaired) electrons. The number of aromatic nitrogens is 3. The zero-order valence-electron chi connectivity index (χ0n) is 19.9. The second-order valence-electron chi connectivity index (χ2n) is 8.92. The second-order valence-corrected chi connectivity index (χ2v) is 8.92. The maximum absolute atomic E-state index is 14.5. The monoisotopic (exact) mass is 499 g/mol. The normalized spacial score (nSPS) is 17.4. The lowest BCUT2D eigenvalue weighted by Gasteiger charge is -2.41. The van der Waals surface area contributed by atoms with Crippen molar-refractivity contribution in [3.63, 3.8) is 0 Å². The number of amides is 2. The van der Waals surface area contributed by atoms with Gasteiger partial charge >= 0.3 is 6.03 Å². The third kappa shape index (κ3) is 4.34. The third-order valence-corrected chi connectivity index (χ3v) is 6.17. The second kappa shape index (κ2) is 9.17. The highest BCUT2D eigenvalue weighted by Gasteiger charge is 2.39. The fraction of sp³-hybridized carbons (Fsp3) is 0.333. The fourth-order valence-corrected chi connectivity index (χ4v) is 4.33. The van der Waals surface area contributed by atoms with E-state index < -0.39 is 35.6 Å². The number of halogens is 3. The van der Waals surface area contributed by atoms with Crippen LogP contribution in [0.3, 0.4) is 0 Å². The molecule has 36 heavy (non-hydrogen) atoms. The Bertz CT molecular complexity index is 1320. The number of nitrogens with zero attached hydrogens (tertiary/aromatic N) is 7. The standard InChI is InChI=1S/C24H24F3N7O2/c1-31(2)21-11-30-32(3)23(21)19-9-22(18(27)10-28-19)36-17-12-33(13-17)24(35)34-20(4-5-29-34)14-6-15(25)8-16(26)7-14/h5-11,17,20H,4,12-13H2,1-3H3/t20-/m0/s1. The molecule has 4 heterocycles. The molecule has 1 atom stereocenters. The minimum absolute atomic E-state index is 0.0234. The SMILES string of the molecule is CN(C)c1cnn(C)c1-c1cc(OC2CN(C(=O)N3N=CC[C@H]3c3cc(F)cc(F)c3)C2)c(F)cn1. The first-order valence-corrected chi connectivity index (χ1v) is 11.3. The van der Waals surface area contributed by atoms with Crippen LogP contribution in [0.5, 0.6) is 5.75 Å². The minimum atomic E-state index is -0.718. The van der Waals surface area contributed by atoms with Gasteiger partial charge in [0.25, 0.3) is 0 Å². The molecule has 0 spiro atoms. The van der Waals surface area contributed by atoms with Gasteiger partial charge in [0.05, 0.1) is 42.9 Å². The summed E-state index contributed by atoms with van der Waals surface area (Å²) < 4.78 is 49.4. The van der Waals surface area contributed by atoms with Gasteiger partial charge < -0.3 is 14.5 Å². The van der Waals surface area contributed by atoms with Crippen molar-refractivity contribution in [3.8, 4) is 17.1 Å². The Kier molecular flexibility index (Phi) is 6.02. The van der Waals surface area contributed by atoms with Crippen molar-refractivity contribution in [3.05, 3.63) is 59.7 Å². The number of hydrazone groups is 1. The molecule has 2 aliphatic rings. The van der Waals surface area contributed by atoms with Gasteiger partial charge in [-0.3, -0.25) is 9.67 Å². The van der Waals surface area contributed by atoms with E-state index >= 15 is 0 Å². The predicted octanol–water partition coefficient (Wildman–Crippen LogP) is 3.58. The Labute approximate surface area is 205 Å². The van der Waals surface area contributed by atoms with Crippen LogP contribution in [0.4, 0.5) is 23.7 Å². The topological polar surface area (TPSA) is 79.1 Å². The quantitative estimate of drug-likeness (QED) is 0.536. The summed E-state index contributed by atoms with van der Waals surface area (Å²) in [5, 5.41) is 9.57. The van der Waals surface area contributed by atoms with E-state index in [4.69, 9.17) is 4.74 Å². The molecule has 2 aliphatic heterocycles. The Balaban J connectivity index is 1.26. The number of aryl methyl sites for hydroxylation is 1. The average molecular weight is 499 g/mol. The van der Waals surface area contributed by atoms with Gasteiger partial charge in [-0.1, -0.05) is 0 Å². The number of urea groups is 1. The fourth-order valence-electron chi connectivity index (χ4n) is 4.33. The van der Waals surface area contributed by atoms with Crippen LogP contribution in [0.25, 0.3) is 11.4 Å². The van der Waals surface area contributed by atoms with Gasteiger partial charge in [-0.2, -0.15) is 10.2 Å². The molecule has 9 nitrogen and oxygen atoms in total. The van der Waals surface area contributed by atoms with Crippen molar-refractivity contribution in [2.45, 2.75) is 18.6 Å². The van der Waals surface area contributed by atoms with Crippen LogP contribution in [0, 0.1) is 17.5 Å². The number of hydrogen-bond donors (Lipinski definition) is 0. The Morgan fingerprint density at radius 1 is 1.08 bits per heavy atom. The highest BCUT2D eigenvalue weighted by Crippen LogP contribution is 2.33. The van der Waals surface area contributed by atoms with E-state index in [-0.39, 0.29) is 18.8 Å². The first-order valence-electron chi connectivity index (χ1n) is 11.3. The number of likely N-dealkylation sites (tertiary alicyclic amines) is 1. The van der Waals surface area contributed by atoms with Crippen molar-refractivity contribution in [1.29, 1.82) is 0 Å². The third-order valence-electron chi connectivity index (χ3n) is 6.17. The molecule has 2 aromatic heterocycles. The average Bonchev–Trinajstić information content (AvgIpc) is 3.43. The first kappa shape index (κ1) is 23.6. The zero-order valence-corrected chi connectivity index (χ0v) is 19.9. The maximum Gasteiger partial charge on any atom is 0.341 e. The van der Waals surface area contributed by atoms with Crippen molar-refractivity contribution >= 4 is 17.9 Å². The molecular formula is C24H24F3N7O2. The number of rotatable bonds is 5. The molecule has 1 aromatic carbocycles. The molecule has 3 aromatic rings. The molecule has 0 N–H and O–H groups in total. The van der Waals surface area contributed by atoms with Crippen molar-refractivity contribution in [2.24, 2.45) is 12.1 Å². The summed E-state index contributed by atoms with van der Waals surface area (Å²) in [4.78, 5) is 20.6. The molecule has 0 bridgehead atoms. The number of carbonyl (C=O) groups excluding carboxylic acids is 1. The van der Waals surface area contributed by atoms with Crippen molar-refractivity contribution in [1.82, 2.24) is 24.7 Å². The highest BCUT2D eigenvalue weighted by atomic mass is 19.1. The molecule has 2 amide bonds. The lowest BCUT2D eigenvalue weighted by Crippen LogP contribution is -2.58. The van der Waals surface area contributed by atoms with E-state index in [1.165, 1.54) is 34.3 Å². The largest absolute Gasteiger partial charge is 0.483 e. The lowest BCUT2D eigenvalue weighted by atomic mass is 10.0. The molecule has 0 unspecified atom stereocenters. The van der Waals surface area contributed by atoms with Gasteiger partial charge in [0, 0.05) is 45.9 Å². The van der Waals surface area contributed by atoms with E-state index in [9.17, 15) is 18.0 Å². The summed E-state index contributed by atoms with van der Waals surface area (Å²) in [6.45, 7) is 0.418. The molecule has 188 valence electrons. The minimum Gasteiger partial charge on any atom is -0.483 e. The molecule has 0 aliphatic carbocycles. The van der Waals surface area contributed by atoms with Crippen LogP contribution in [0.15, 0.2) is 41.8 Å². The number of benzene rings is 1. The van der Waals surface area contributed by atoms with Crippen molar-refractivity contribution in [2.75, 3.05) is 32.1 Å². The van der Waals surface area contributed by atoms with Crippen LogP contribution in [0.1, 0.15) is 18.0 Å². The Morgan fingerprint density at radius 2 is 1.81 bits per heavy atom. The zero-order chi connectivity index (χ0) is 25.6.